The summed E-state index contributed by atoms with van der Waals surface area (Å²) in [5.41, 5.74) is 1.21. The molecule has 0 aliphatic carbocycles. The second-order valence-electron chi connectivity index (χ2n) is 4.12. The Bertz CT molecular complexity index is 751. The van der Waals surface area contributed by atoms with Crippen molar-refractivity contribution >= 4 is 33.3 Å². The Balaban J connectivity index is 1.89. The van der Waals surface area contributed by atoms with Crippen molar-refractivity contribution < 1.29 is 4.79 Å². The van der Waals surface area contributed by atoms with E-state index in [1.807, 2.05) is 37.3 Å². The molecule has 1 N–H and O–H groups in total. The Hall–Kier alpha value is -2.27. The minimum atomic E-state index is -0.236. The van der Waals surface area contributed by atoms with Crippen molar-refractivity contribution in [3.63, 3.8) is 0 Å². The van der Waals surface area contributed by atoms with Crippen LogP contribution in [0.25, 0.3) is 10.9 Å². The number of benzene rings is 1. The number of hydrogen-bond donors (Lipinski definition) is 1. The molecule has 0 aliphatic rings. The number of fused-ring (bicyclic) bond motifs is 1. The first kappa shape index (κ1) is 11.8. The Morgan fingerprint density at radius 1 is 1.21 bits per heavy atom. The zero-order valence-corrected chi connectivity index (χ0v) is 11.1. The first-order chi connectivity index (χ1) is 9.22. The maximum absolute atomic E-state index is 12.1. The Labute approximate surface area is 114 Å². The highest BCUT2D eigenvalue weighted by molar-refractivity contribution is 7.15. The number of nitrogens with zero attached hydrogens (tertiary/aromatic N) is 2. The highest BCUT2D eigenvalue weighted by atomic mass is 32.1. The summed E-state index contributed by atoms with van der Waals surface area (Å²) in [6.07, 6.45) is 1.73. The van der Waals surface area contributed by atoms with Crippen molar-refractivity contribution in [3.05, 3.63) is 53.2 Å². The molecule has 5 heteroatoms. The van der Waals surface area contributed by atoms with Gasteiger partial charge in [-0.15, -0.1) is 11.3 Å². The molecule has 0 aliphatic heterocycles. The van der Waals surface area contributed by atoms with Crippen LogP contribution in [0.3, 0.4) is 0 Å². The topological polar surface area (TPSA) is 54.9 Å². The summed E-state index contributed by atoms with van der Waals surface area (Å²) < 4.78 is 0. The van der Waals surface area contributed by atoms with E-state index in [-0.39, 0.29) is 5.91 Å². The summed E-state index contributed by atoms with van der Waals surface area (Å²) >= 11 is 1.44. The molecular weight excluding hydrogens is 258 g/mol. The lowest BCUT2D eigenvalue weighted by molar-refractivity contribution is 0.102. The fourth-order valence-corrected chi connectivity index (χ4v) is 2.43. The van der Waals surface area contributed by atoms with Crippen molar-refractivity contribution in [3.8, 4) is 0 Å². The molecule has 4 nitrogen and oxygen atoms in total. The van der Waals surface area contributed by atoms with E-state index in [4.69, 9.17) is 0 Å². The molecule has 2 heterocycles. The molecule has 19 heavy (non-hydrogen) atoms. The van der Waals surface area contributed by atoms with Crippen molar-refractivity contribution in [2.45, 2.75) is 6.92 Å². The molecule has 3 rings (SSSR count). The van der Waals surface area contributed by atoms with Gasteiger partial charge in [-0.05, 0) is 19.1 Å². The molecule has 0 spiro atoms. The average molecular weight is 269 g/mol. The lowest BCUT2D eigenvalue weighted by Crippen LogP contribution is -2.13. The third-order valence-corrected chi connectivity index (χ3v) is 3.50. The molecule has 3 aromatic rings. The minimum Gasteiger partial charge on any atom is -0.296 e. The third-order valence-electron chi connectivity index (χ3n) is 2.67. The number of pyridine rings is 1. The zero-order chi connectivity index (χ0) is 13.2. The van der Waals surface area contributed by atoms with E-state index in [9.17, 15) is 4.79 Å². The van der Waals surface area contributed by atoms with Gasteiger partial charge in [0.05, 0.1) is 5.52 Å². The van der Waals surface area contributed by atoms with Crippen LogP contribution in [0.4, 0.5) is 5.13 Å². The van der Waals surface area contributed by atoms with Crippen molar-refractivity contribution in [1.82, 2.24) is 9.97 Å². The molecule has 0 unspecified atom stereocenters. The minimum absolute atomic E-state index is 0.236. The molecular formula is C14H11N3OS. The predicted octanol–water partition coefficient (Wildman–Crippen LogP) is 3.25. The Kier molecular flexibility index (Phi) is 2.97. The lowest BCUT2D eigenvalue weighted by atomic mass is 10.2. The smallest absolute Gasteiger partial charge is 0.276 e. The van der Waals surface area contributed by atoms with Gasteiger partial charge in [-0.1, -0.05) is 24.3 Å². The number of nitrogens with one attached hydrogen (secondary N) is 1. The van der Waals surface area contributed by atoms with E-state index in [0.717, 1.165) is 15.8 Å². The standard InChI is InChI=1S/C14H11N3OS/c1-9-8-15-14(19-9)17-13(18)12-7-6-10-4-2-3-5-11(10)16-12/h2-8H,1H3,(H,15,17,18). The zero-order valence-electron chi connectivity index (χ0n) is 10.3. The normalized spacial score (nSPS) is 10.6. The number of thiazole rings is 1. The second kappa shape index (κ2) is 4.78. The largest absolute Gasteiger partial charge is 0.296 e. The fourth-order valence-electron chi connectivity index (χ4n) is 1.77. The maximum Gasteiger partial charge on any atom is 0.276 e. The lowest BCUT2D eigenvalue weighted by Gasteiger charge is -2.02. The third kappa shape index (κ3) is 2.46. The summed E-state index contributed by atoms with van der Waals surface area (Å²) in [5, 5.41) is 4.36. The van der Waals surface area contributed by atoms with E-state index in [1.54, 1.807) is 12.3 Å². The van der Waals surface area contributed by atoms with Crippen LogP contribution >= 0.6 is 11.3 Å². The number of para-hydroxylation sites is 1. The number of aromatic nitrogens is 2. The van der Waals surface area contributed by atoms with Crippen LogP contribution in [0.15, 0.2) is 42.6 Å². The van der Waals surface area contributed by atoms with Crippen LogP contribution in [0.1, 0.15) is 15.4 Å². The predicted molar refractivity (Wildman–Crippen MR) is 76.5 cm³/mol. The maximum atomic E-state index is 12.1. The van der Waals surface area contributed by atoms with Crippen molar-refractivity contribution in [2.24, 2.45) is 0 Å². The first-order valence-corrected chi connectivity index (χ1v) is 6.63. The molecule has 1 amide bonds. The van der Waals surface area contributed by atoms with Gasteiger partial charge < -0.3 is 0 Å². The number of amides is 1. The molecule has 0 atom stereocenters. The first-order valence-electron chi connectivity index (χ1n) is 5.82. The summed E-state index contributed by atoms with van der Waals surface area (Å²) in [7, 11) is 0. The quantitative estimate of drug-likeness (QED) is 0.777. The van der Waals surface area contributed by atoms with E-state index in [1.165, 1.54) is 11.3 Å². The molecule has 0 saturated carbocycles. The highest BCUT2D eigenvalue weighted by Crippen LogP contribution is 2.18. The highest BCUT2D eigenvalue weighted by Gasteiger charge is 2.10. The Morgan fingerprint density at radius 3 is 2.84 bits per heavy atom. The van der Waals surface area contributed by atoms with Gasteiger partial charge in [-0.25, -0.2) is 9.97 Å². The molecule has 0 radical (unpaired) electrons. The van der Waals surface area contributed by atoms with Gasteiger partial charge in [0.2, 0.25) is 0 Å². The molecule has 2 aromatic heterocycles. The van der Waals surface area contributed by atoms with Crippen molar-refractivity contribution in [1.29, 1.82) is 0 Å². The molecule has 0 bridgehead atoms. The fraction of sp³-hybridized carbons (Fsp3) is 0.0714. The van der Waals surface area contributed by atoms with Gasteiger partial charge in [0, 0.05) is 16.5 Å². The van der Waals surface area contributed by atoms with Crippen molar-refractivity contribution in [2.75, 3.05) is 5.32 Å². The second-order valence-corrected chi connectivity index (χ2v) is 5.35. The summed E-state index contributed by atoms with van der Waals surface area (Å²) in [4.78, 5) is 21.6. The SMILES string of the molecule is Cc1cnc(NC(=O)c2ccc3ccccc3n2)s1. The molecule has 0 fully saturated rings. The van der Waals surface area contributed by atoms with Gasteiger partial charge in [-0.3, -0.25) is 10.1 Å². The van der Waals surface area contributed by atoms with Crippen LogP contribution < -0.4 is 5.32 Å². The van der Waals surface area contributed by atoms with Crippen LogP contribution in [0.2, 0.25) is 0 Å². The van der Waals surface area contributed by atoms with Gasteiger partial charge >= 0.3 is 0 Å². The average Bonchev–Trinajstić information content (AvgIpc) is 2.83. The van der Waals surface area contributed by atoms with Gasteiger partial charge in [-0.2, -0.15) is 0 Å². The summed E-state index contributed by atoms with van der Waals surface area (Å²) in [6.45, 7) is 1.95. The number of rotatable bonds is 2. The molecule has 0 saturated heterocycles. The number of aryl methyl sites for hydroxylation is 1. The monoisotopic (exact) mass is 269 g/mol. The van der Waals surface area contributed by atoms with Gasteiger partial charge in [0.15, 0.2) is 5.13 Å². The van der Waals surface area contributed by atoms with Gasteiger partial charge in [0.25, 0.3) is 5.91 Å². The summed E-state index contributed by atoms with van der Waals surface area (Å²) in [6, 6.07) is 11.3. The number of carbonyl (C=O) groups excluding carboxylic acids is 1. The van der Waals surface area contributed by atoms with Crippen LogP contribution in [0, 0.1) is 6.92 Å². The summed E-state index contributed by atoms with van der Waals surface area (Å²) in [5.74, 6) is -0.236. The van der Waals surface area contributed by atoms with Crippen LogP contribution in [-0.4, -0.2) is 15.9 Å². The number of anilines is 1. The van der Waals surface area contributed by atoms with Crippen LogP contribution in [-0.2, 0) is 0 Å². The van der Waals surface area contributed by atoms with Crippen LogP contribution in [0.5, 0.6) is 0 Å². The number of carbonyl (C=O) groups is 1. The molecule has 1 aromatic carbocycles. The van der Waals surface area contributed by atoms with E-state index < -0.39 is 0 Å². The van der Waals surface area contributed by atoms with E-state index in [0.29, 0.717) is 10.8 Å². The Morgan fingerprint density at radius 2 is 2.05 bits per heavy atom. The number of hydrogen-bond acceptors (Lipinski definition) is 4. The van der Waals surface area contributed by atoms with E-state index >= 15 is 0 Å². The van der Waals surface area contributed by atoms with E-state index in [2.05, 4.69) is 15.3 Å². The molecule has 94 valence electrons. The van der Waals surface area contributed by atoms with Gasteiger partial charge in [0.1, 0.15) is 5.69 Å².